The Morgan fingerprint density at radius 2 is 2.26 bits per heavy atom. The molecular weight excluding hydrogens is 321 g/mol. The molecule has 0 spiro atoms. The number of aliphatic carboxylic acids is 1. The zero-order chi connectivity index (χ0) is 14.2. The topological polar surface area (TPSA) is 77.2 Å². The molecule has 19 heavy (non-hydrogen) atoms. The lowest BCUT2D eigenvalue weighted by molar-refractivity contribution is -0.150. The van der Waals surface area contributed by atoms with Gasteiger partial charge in [0.25, 0.3) is 0 Å². The van der Waals surface area contributed by atoms with Crippen molar-refractivity contribution >= 4 is 32.9 Å². The van der Waals surface area contributed by atoms with Crippen LogP contribution in [0.2, 0.25) is 0 Å². The maximum Gasteiger partial charge on any atom is 0.335 e. The molecule has 0 fully saturated rings. The fourth-order valence-corrected chi connectivity index (χ4v) is 2.07. The fraction of sp³-hybridized carbons (Fsp3) is 0.364. The van der Waals surface area contributed by atoms with Gasteiger partial charge >= 0.3 is 5.97 Å². The highest BCUT2D eigenvalue weighted by molar-refractivity contribution is 9.10. The average molecular weight is 332 g/mol. The van der Waals surface area contributed by atoms with Gasteiger partial charge in [-0.15, -0.1) is 5.10 Å². The maximum atomic E-state index is 13.7. The second kappa shape index (κ2) is 4.86. The highest BCUT2D eigenvalue weighted by atomic mass is 79.9. The lowest BCUT2D eigenvalue weighted by atomic mass is 10.1. The van der Waals surface area contributed by atoms with Crippen molar-refractivity contribution in [1.29, 1.82) is 0 Å². The van der Waals surface area contributed by atoms with Crippen molar-refractivity contribution in [3.63, 3.8) is 0 Å². The first kappa shape index (κ1) is 13.9. The number of carbonyl (C=O) groups is 1. The quantitative estimate of drug-likeness (QED) is 0.923. The van der Waals surface area contributed by atoms with Gasteiger partial charge in [0, 0.05) is 11.6 Å². The van der Waals surface area contributed by atoms with Crippen LogP contribution in [0.5, 0.6) is 0 Å². The van der Waals surface area contributed by atoms with Gasteiger partial charge < -0.3 is 9.84 Å². The lowest BCUT2D eigenvalue weighted by Crippen LogP contribution is -2.44. The van der Waals surface area contributed by atoms with Crippen LogP contribution < -0.4 is 0 Å². The average Bonchev–Trinajstić information content (AvgIpc) is 2.73. The van der Waals surface area contributed by atoms with Crippen molar-refractivity contribution in [2.75, 3.05) is 13.7 Å². The summed E-state index contributed by atoms with van der Waals surface area (Å²) >= 11 is 3.14. The van der Waals surface area contributed by atoms with E-state index in [0.717, 1.165) is 4.80 Å². The highest BCUT2D eigenvalue weighted by Gasteiger charge is 2.38. The van der Waals surface area contributed by atoms with Gasteiger partial charge in [0.2, 0.25) is 0 Å². The number of ether oxygens (including phenoxy) is 1. The van der Waals surface area contributed by atoms with Gasteiger partial charge in [-0.3, -0.25) is 0 Å². The molecule has 0 aliphatic carbocycles. The van der Waals surface area contributed by atoms with Gasteiger partial charge in [-0.25, -0.2) is 9.18 Å². The Morgan fingerprint density at radius 1 is 1.58 bits per heavy atom. The molecule has 1 heterocycles. The van der Waals surface area contributed by atoms with E-state index in [1.54, 1.807) is 6.07 Å². The lowest BCUT2D eigenvalue weighted by Gasteiger charge is -2.22. The molecule has 0 aliphatic rings. The summed E-state index contributed by atoms with van der Waals surface area (Å²) in [4.78, 5) is 12.3. The first-order chi connectivity index (χ1) is 8.88. The van der Waals surface area contributed by atoms with E-state index in [1.807, 2.05) is 0 Å². The number of nitrogens with zero attached hydrogens (tertiary/aromatic N) is 3. The minimum Gasteiger partial charge on any atom is -0.479 e. The van der Waals surface area contributed by atoms with Crippen LogP contribution in [0, 0.1) is 5.82 Å². The highest BCUT2D eigenvalue weighted by Crippen LogP contribution is 2.23. The van der Waals surface area contributed by atoms with Crippen molar-refractivity contribution < 1.29 is 19.0 Å². The number of aromatic nitrogens is 3. The molecule has 1 aromatic heterocycles. The second-order valence-electron chi connectivity index (χ2n) is 4.26. The van der Waals surface area contributed by atoms with E-state index in [2.05, 4.69) is 26.1 Å². The summed E-state index contributed by atoms with van der Waals surface area (Å²) in [7, 11) is 1.38. The Morgan fingerprint density at radius 3 is 2.84 bits per heavy atom. The number of halogens is 2. The molecule has 0 amide bonds. The van der Waals surface area contributed by atoms with Crippen LogP contribution in [0.25, 0.3) is 11.0 Å². The summed E-state index contributed by atoms with van der Waals surface area (Å²) in [6.45, 7) is 1.27. The second-order valence-corrected chi connectivity index (χ2v) is 5.17. The Hall–Kier alpha value is -1.54. The number of hydrogen-bond donors (Lipinski definition) is 1. The van der Waals surface area contributed by atoms with Crippen molar-refractivity contribution in [3.8, 4) is 0 Å². The Labute approximate surface area is 116 Å². The van der Waals surface area contributed by atoms with E-state index in [1.165, 1.54) is 20.1 Å². The third kappa shape index (κ3) is 2.33. The smallest absolute Gasteiger partial charge is 0.335 e. The maximum absolute atomic E-state index is 13.7. The first-order valence-electron chi connectivity index (χ1n) is 5.33. The minimum absolute atomic E-state index is 0.0202. The predicted octanol–water partition coefficient (Wildman–Crippen LogP) is 1.78. The van der Waals surface area contributed by atoms with Crippen LogP contribution in [-0.2, 0) is 15.1 Å². The van der Waals surface area contributed by atoms with Crippen molar-refractivity contribution in [2.45, 2.75) is 12.5 Å². The van der Waals surface area contributed by atoms with Gasteiger partial charge in [-0.05, 0) is 19.1 Å². The summed E-state index contributed by atoms with van der Waals surface area (Å²) in [6, 6.07) is 2.81. The number of hydrogen-bond acceptors (Lipinski definition) is 4. The number of carboxylic acid groups (broad SMARTS) is 1. The van der Waals surface area contributed by atoms with E-state index >= 15 is 0 Å². The molecule has 8 heteroatoms. The predicted molar refractivity (Wildman–Crippen MR) is 68.3 cm³/mol. The molecule has 0 saturated heterocycles. The van der Waals surface area contributed by atoms with Crippen LogP contribution in [0.1, 0.15) is 6.92 Å². The molecule has 0 bridgehead atoms. The van der Waals surface area contributed by atoms with E-state index in [9.17, 15) is 14.3 Å². The minimum atomic E-state index is -1.49. The summed E-state index contributed by atoms with van der Waals surface area (Å²) in [5.74, 6) is -1.73. The third-order valence-corrected chi connectivity index (χ3v) is 3.19. The van der Waals surface area contributed by atoms with Crippen LogP contribution >= 0.6 is 15.9 Å². The molecule has 2 aromatic rings. The third-order valence-electron chi connectivity index (χ3n) is 2.73. The molecule has 102 valence electrons. The number of benzene rings is 1. The van der Waals surface area contributed by atoms with Crippen molar-refractivity contribution in [3.05, 3.63) is 22.4 Å². The van der Waals surface area contributed by atoms with E-state index in [4.69, 9.17) is 4.74 Å². The van der Waals surface area contributed by atoms with E-state index in [-0.39, 0.29) is 17.6 Å². The first-order valence-corrected chi connectivity index (χ1v) is 6.12. The van der Waals surface area contributed by atoms with Crippen LogP contribution in [-0.4, -0.2) is 39.8 Å². The van der Waals surface area contributed by atoms with Crippen molar-refractivity contribution in [1.82, 2.24) is 15.0 Å². The molecule has 1 unspecified atom stereocenters. The Bertz CT molecular complexity index is 645. The molecular formula is C11H11BrFN3O3. The number of carboxylic acids is 1. The largest absolute Gasteiger partial charge is 0.479 e. The van der Waals surface area contributed by atoms with Crippen molar-refractivity contribution in [2.24, 2.45) is 0 Å². The van der Waals surface area contributed by atoms with Gasteiger partial charge in [0.15, 0.2) is 11.4 Å². The summed E-state index contributed by atoms with van der Waals surface area (Å²) in [5, 5.41) is 17.2. The van der Waals surface area contributed by atoms with Gasteiger partial charge in [-0.1, -0.05) is 15.9 Å². The fourth-order valence-electron chi connectivity index (χ4n) is 1.65. The number of rotatable bonds is 4. The van der Waals surface area contributed by atoms with E-state index in [0.29, 0.717) is 4.47 Å². The van der Waals surface area contributed by atoms with E-state index < -0.39 is 17.3 Å². The van der Waals surface area contributed by atoms with Crippen LogP contribution in [0.15, 0.2) is 16.6 Å². The Kier molecular flexibility index (Phi) is 3.55. The van der Waals surface area contributed by atoms with Crippen LogP contribution in [0.4, 0.5) is 4.39 Å². The normalized spacial score (nSPS) is 14.5. The zero-order valence-corrected chi connectivity index (χ0v) is 11.8. The molecule has 6 nitrogen and oxygen atoms in total. The number of methoxy groups -OCH3 is 1. The number of fused-ring (bicyclic) bond motifs is 1. The molecule has 0 aliphatic heterocycles. The Balaban J connectivity index is 2.62. The molecule has 1 aromatic carbocycles. The summed E-state index contributed by atoms with van der Waals surface area (Å²) < 4.78 is 19.1. The molecule has 1 atom stereocenters. The SMILES string of the molecule is COCC(C)(C(=O)O)n1nc2cc(Br)cc(F)c2n1. The van der Waals surface area contributed by atoms with Gasteiger partial charge in [-0.2, -0.15) is 9.90 Å². The molecule has 2 rings (SSSR count). The van der Waals surface area contributed by atoms with Crippen LogP contribution in [0.3, 0.4) is 0 Å². The standard InChI is InChI=1S/C11H11BrFN3O3/c1-11(5-19-2,10(17)18)16-14-8-4-6(12)3-7(13)9(8)15-16/h3-4H,5H2,1-2H3,(H,17,18). The summed E-state index contributed by atoms with van der Waals surface area (Å²) in [6.07, 6.45) is 0. The molecule has 1 N–H and O–H groups in total. The summed E-state index contributed by atoms with van der Waals surface area (Å²) in [5.41, 5.74) is -1.20. The monoisotopic (exact) mass is 331 g/mol. The molecule has 0 saturated carbocycles. The van der Waals surface area contributed by atoms with Gasteiger partial charge in [0.05, 0.1) is 6.61 Å². The molecule has 0 radical (unpaired) electrons. The van der Waals surface area contributed by atoms with Gasteiger partial charge in [0.1, 0.15) is 11.0 Å². The zero-order valence-electron chi connectivity index (χ0n) is 10.2.